The van der Waals surface area contributed by atoms with Crippen LogP contribution in [0.4, 0.5) is 4.79 Å². The van der Waals surface area contributed by atoms with Gasteiger partial charge in [-0.3, -0.25) is 14.4 Å². The fourth-order valence-corrected chi connectivity index (χ4v) is 4.43. The number of aldehydes is 3. The third-order valence-corrected chi connectivity index (χ3v) is 5.74. The number of fused-ring (bicyclic) bond motifs is 2. The summed E-state index contributed by atoms with van der Waals surface area (Å²) in [7, 11) is 0. The highest BCUT2D eigenvalue weighted by Gasteiger charge is 2.38. The molecule has 1 unspecified atom stereocenters. The molecule has 1 atom stereocenters. The largest absolute Gasteiger partial charge is 0.433 e. The van der Waals surface area contributed by atoms with Crippen molar-refractivity contribution in [2.24, 2.45) is 5.73 Å². The minimum atomic E-state index is -1.50. The zero-order valence-electron chi connectivity index (χ0n) is 17.2. The van der Waals surface area contributed by atoms with Crippen molar-refractivity contribution in [3.05, 3.63) is 94.5 Å². The van der Waals surface area contributed by atoms with E-state index in [2.05, 4.69) is 0 Å². The van der Waals surface area contributed by atoms with Gasteiger partial charge < -0.3 is 10.5 Å². The molecule has 0 heterocycles. The van der Waals surface area contributed by atoms with Gasteiger partial charge in [-0.15, -0.1) is 0 Å². The van der Waals surface area contributed by atoms with E-state index >= 15 is 0 Å². The molecule has 6 heteroatoms. The van der Waals surface area contributed by atoms with Gasteiger partial charge in [0.25, 0.3) is 0 Å². The van der Waals surface area contributed by atoms with Crippen molar-refractivity contribution in [2.45, 2.75) is 12.5 Å². The maximum atomic E-state index is 12.1. The van der Waals surface area contributed by atoms with Gasteiger partial charge in [-0.1, -0.05) is 60.7 Å². The van der Waals surface area contributed by atoms with Crippen LogP contribution in [0.15, 0.2) is 66.7 Å². The number of rotatable bonds is 6. The van der Waals surface area contributed by atoms with Crippen molar-refractivity contribution in [3.8, 4) is 0 Å². The number of primary amides is 1. The number of hydrogen-bond donors (Lipinski definition) is 1. The molecular weight excluding hydrogens is 406 g/mol. The van der Waals surface area contributed by atoms with Gasteiger partial charge in [-0.2, -0.15) is 0 Å². The van der Waals surface area contributed by atoms with Crippen molar-refractivity contribution < 1.29 is 23.9 Å². The number of carbonyl (C=O) groups excluding carboxylic acids is 4. The Bertz CT molecular complexity index is 1410. The van der Waals surface area contributed by atoms with Gasteiger partial charge in [0, 0.05) is 27.8 Å². The van der Waals surface area contributed by atoms with E-state index in [0.29, 0.717) is 56.4 Å². The van der Waals surface area contributed by atoms with Gasteiger partial charge in [0.15, 0.2) is 24.5 Å². The molecule has 0 fully saturated rings. The first kappa shape index (κ1) is 20.9. The molecule has 0 saturated heterocycles. The molecule has 0 aromatic heterocycles. The van der Waals surface area contributed by atoms with Crippen LogP contribution in [0, 0.1) is 0 Å². The smallest absolute Gasteiger partial charge is 0.405 e. The lowest BCUT2D eigenvalue weighted by Gasteiger charge is -2.33. The van der Waals surface area contributed by atoms with Crippen LogP contribution in [0.5, 0.6) is 0 Å². The summed E-state index contributed by atoms with van der Waals surface area (Å²) in [6, 6.07) is 19.1. The van der Waals surface area contributed by atoms with E-state index in [1.165, 1.54) is 6.07 Å². The average molecular weight is 425 g/mol. The topological polar surface area (TPSA) is 104 Å². The maximum Gasteiger partial charge on any atom is 0.405 e. The minimum absolute atomic E-state index is 0.193. The van der Waals surface area contributed by atoms with Crippen LogP contribution in [-0.4, -0.2) is 25.0 Å². The zero-order chi connectivity index (χ0) is 22.9. The van der Waals surface area contributed by atoms with Crippen molar-refractivity contribution in [2.75, 3.05) is 0 Å². The molecule has 158 valence electrons. The summed E-state index contributed by atoms with van der Waals surface area (Å²) in [5.74, 6) is 0. The second-order valence-corrected chi connectivity index (χ2v) is 7.53. The molecule has 6 nitrogen and oxygen atoms in total. The van der Waals surface area contributed by atoms with Crippen molar-refractivity contribution >= 4 is 46.5 Å². The summed E-state index contributed by atoms with van der Waals surface area (Å²) in [6.45, 7) is 1.65. The highest BCUT2D eigenvalue weighted by molar-refractivity contribution is 6.05. The van der Waals surface area contributed by atoms with Gasteiger partial charge >= 0.3 is 6.09 Å². The normalized spacial score (nSPS) is 12.8. The molecule has 0 aliphatic rings. The standard InChI is InChI=1S/C26H19NO5/c1-26(32-25(27)31,23-11-10-16(13-28)19-6-2-4-8-21(19)23)24-18(15-30)12-17(14-29)20-7-3-5-9-22(20)24/h2-15H,1H3,(H2,27,31). The third kappa shape index (κ3) is 3.22. The Morgan fingerprint density at radius 1 is 0.750 bits per heavy atom. The summed E-state index contributed by atoms with van der Waals surface area (Å²) >= 11 is 0. The van der Waals surface area contributed by atoms with Crippen LogP contribution < -0.4 is 5.73 Å². The Kier molecular flexibility index (Phi) is 5.28. The predicted molar refractivity (Wildman–Crippen MR) is 121 cm³/mol. The SMILES string of the molecule is CC(OC(N)=O)(c1ccc(C=O)c2ccccc12)c1c(C=O)cc(C=O)c2ccccc12. The van der Waals surface area contributed by atoms with Crippen LogP contribution in [-0.2, 0) is 10.3 Å². The Morgan fingerprint density at radius 2 is 1.28 bits per heavy atom. The fourth-order valence-electron chi connectivity index (χ4n) is 4.43. The van der Waals surface area contributed by atoms with E-state index in [1.807, 2.05) is 6.07 Å². The molecule has 32 heavy (non-hydrogen) atoms. The molecule has 0 spiro atoms. The van der Waals surface area contributed by atoms with E-state index < -0.39 is 11.7 Å². The second kappa shape index (κ2) is 8.07. The molecular formula is C26H19NO5. The first-order valence-corrected chi connectivity index (χ1v) is 9.87. The first-order valence-electron chi connectivity index (χ1n) is 9.87. The number of nitrogens with two attached hydrogens (primary N) is 1. The van der Waals surface area contributed by atoms with Gasteiger partial charge in [-0.05, 0) is 34.5 Å². The Hall–Kier alpha value is -4.32. The van der Waals surface area contributed by atoms with Crippen LogP contribution in [0.3, 0.4) is 0 Å². The Labute approximate surface area is 183 Å². The van der Waals surface area contributed by atoms with E-state index in [4.69, 9.17) is 10.5 Å². The first-order chi connectivity index (χ1) is 15.4. The molecule has 2 N–H and O–H groups in total. The van der Waals surface area contributed by atoms with E-state index in [0.717, 1.165) is 6.29 Å². The highest BCUT2D eigenvalue weighted by Crippen LogP contribution is 2.43. The average Bonchev–Trinajstić information content (AvgIpc) is 2.81. The molecule has 4 aromatic rings. The molecule has 1 amide bonds. The molecule has 0 aliphatic heterocycles. The number of benzene rings is 4. The lowest BCUT2D eigenvalue weighted by molar-refractivity contribution is 0.0607. The number of hydrogen-bond acceptors (Lipinski definition) is 5. The molecule has 0 bridgehead atoms. The minimum Gasteiger partial charge on any atom is -0.433 e. The molecule has 0 radical (unpaired) electrons. The van der Waals surface area contributed by atoms with Crippen molar-refractivity contribution in [1.29, 1.82) is 0 Å². The van der Waals surface area contributed by atoms with Gasteiger partial charge in [-0.25, -0.2) is 4.79 Å². The van der Waals surface area contributed by atoms with Crippen LogP contribution in [0.1, 0.15) is 49.1 Å². The summed E-state index contributed by atoms with van der Waals surface area (Å²) in [6.07, 6.45) is 1.03. The number of carbonyl (C=O) groups is 4. The molecule has 4 rings (SSSR count). The Morgan fingerprint density at radius 3 is 1.84 bits per heavy atom. The Balaban J connectivity index is 2.19. The monoisotopic (exact) mass is 425 g/mol. The van der Waals surface area contributed by atoms with Crippen LogP contribution in [0.25, 0.3) is 21.5 Å². The van der Waals surface area contributed by atoms with Gasteiger partial charge in [0.2, 0.25) is 0 Å². The second-order valence-electron chi connectivity index (χ2n) is 7.53. The molecule has 0 saturated carbocycles. The zero-order valence-corrected chi connectivity index (χ0v) is 17.2. The quantitative estimate of drug-likeness (QED) is 0.447. The summed E-state index contributed by atoms with van der Waals surface area (Å²) in [5.41, 5.74) is 5.94. The van der Waals surface area contributed by atoms with E-state index in [-0.39, 0.29) is 5.56 Å². The lowest BCUT2D eigenvalue weighted by atomic mass is 9.79. The van der Waals surface area contributed by atoms with Gasteiger partial charge in [0.05, 0.1) is 0 Å². The number of amides is 1. The lowest BCUT2D eigenvalue weighted by Crippen LogP contribution is -2.34. The summed E-state index contributed by atoms with van der Waals surface area (Å²) in [5, 5.41) is 2.52. The van der Waals surface area contributed by atoms with E-state index in [9.17, 15) is 19.2 Å². The third-order valence-electron chi connectivity index (χ3n) is 5.74. The number of ether oxygens (including phenoxy) is 1. The summed E-state index contributed by atoms with van der Waals surface area (Å²) < 4.78 is 5.72. The fraction of sp³-hybridized carbons (Fsp3) is 0.0769. The van der Waals surface area contributed by atoms with Crippen molar-refractivity contribution in [3.63, 3.8) is 0 Å². The van der Waals surface area contributed by atoms with Crippen molar-refractivity contribution in [1.82, 2.24) is 0 Å². The predicted octanol–water partition coefficient (Wildman–Crippen LogP) is 4.79. The highest BCUT2D eigenvalue weighted by atomic mass is 16.6. The molecule has 4 aromatic carbocycles. The maximum absolute atomic E-state index is 12.1. The van der Waals surface area contributed by atoms with Gasteiger partial charge in [0.1, 0.15) is 0 Å². The summed E-state index contributed by atoms with van der Waals surface area (Å²) in [4.78, 5) is 47.5. The van der Waals surface area contributed by atoms with Crippen LogP contribution in [0.2, 0.25) is 0 Å². The van der Waals surface area contributed by atoms with Crippen LogP contribution >= 0.6 is 0 Å². The molecule has 0 aliphatic carbocycles. The van der Waals surface area contributed by atoms with E-state index in [1.54, 1.807) is 61.5 Å².